The predicted octanol–water partition coefficient (Wildman–Crippen LogP) is 2.89. The van der Waals surface area contributed by atoms with Crippen molar-refractivity contribution < 1.29 is 4.79 Å². The van der Waals surface area contributed by atoms with Crippen molar-refractivity contribution in [2.45, 2.75) is 26.7 Å². The van der Waals surface area contributed by atoms with E-state index < -0.39 is 5.91 Å². The van der Waals surface area contributed by atoms with Crippen molar-refractivity contribution >= 4 is 17.5 Å². The largest absolute Gasteiger partial charge is 0.368 e. The van der Waals surface area contributed by atoms with Gasteiger partial charge in [0.25, 0.3) is 5.91 Å². The number of nitrogens with one attached hydrogen (secondary N) is 2. The normalized spacial score (nSPS) is 10.3. The number of hydrogen-bond acceptors (Lipinski definition) is 5. The Morgan fingerprint density at radius 1 is 1.00 bits per heavy atom. The zero-order chi connectivity index (χ0) is 16.7. The van der Waals surface area contributed by atoms with E-state index in [0.29, 0.717) is 23.9 Å². The molecular weight excluding hydrogens is 290 g/mol. The lowest BCUT2D eigenvalue weighted by molar-refractivity contribution is 0.0996. The molecule has 0 aliphatic rings. The molecule has 0 radical (unpaired) electrons. The van der Waals surface area contributed by atoms with E-state index in [1.807, 2.05) is 37.3 Å². The maximum absolute atomic E-state index is 11.8. The fourth-order valence-electron chi connectivity index (χ4n) is 2.14. The van der Waals surface area contributed by atoms with E-state index in [-0.39, 0.29) is 5.69 Å². The van der Waals surface area contributed by atoms with Crippen molar-refractivity contribution in [3.8, 4) is 11.3 Å². The predicted molar refractivity (Wildman–Crippen MR) is 93.5 cm³/mol. The number of anilines is 2. The second-order valence-electron chi connectivity index (χ2n) is 5.20. The summed E-state index contributed by atoms with van der Waals surface area (Å²) in [5.41, 5.74) is 7.17. The number of nitrogens with two attached hydrogens (primary N) is 1. The molecule has 0 saturated heterocycles. The minimum Gasteiger partial charge on any atom is -0.368 e. The van der Waals surface area contributed by atoms with Gasteiger partial charge in [0.05, 0.1) is 0 Å². The first kappa shape index (κ1) is 16.7. The van der Waals surface area contributed by atoms with Gasteiger partial charge in [-0.2, -0.15) is 0 Å². The van der Waals surface area contributed by atoms with Gasteiger partial charge >= 0.3 is 0 Å². The van der Waals surface area contributed by atoms with Crippen molar-refractivity contribution in [2.24, 2.45) is 5.73 Å². The monoisotopic (exact) mass is 313 g/mol. The van der Waals surface area contributed by atoms with E-state index in [9.17, 15) is 4.79 Å². The summed E-state index contributed by atoms with van der Waals surface area (Å²) >= 11 is 0. The van der Waals surface area contributed by atoms with E-state index >= 15 is 0 Å². The standard InChI is InChI=1S/C17H23N5O/c1-3-10-19-16-13(12-8-6-5-7-9-12)21-14(15(18)23)17(22-16)20-11-4-2/h5-9H,3-4,10-11H2,1-2H3,(H2,18,23)(H2,19,20,22). The quantitative estimate of drug-likeness (QED) is 0.697. The van der Waals surface area contributed by atoms with Crippen LogP contribution in [0.5, 0.6) is 0 Å². The van der Waals surface area contributed by atoms with E-state index in [1.54, 1.807) is 0 Å². The van der Waals surface area contributed by atoms with Crippen LogP contribution in [0.3, 0.4) is 0 Å². The Morgan fingerprint density at radius 3 is 2.17 bits per heavy atom. The lowest BCUT2D eigenvalue weighted by atomic mass is 10.1. The van der Waals surface area contributed by atoms with Gasteiger partial charge in [0, 0.05) is 18.7 Å². The molecular formula is C17H23N5O. The molecule has 1 heterocycles. The maximum atomic E-state index is 11.8. The van der Waals surface area contributed by atoms with Crippen LogP contribution in [0.4, 0.5) is 11.6 Å². The third kappa shape index (κ3) is 4.18. The smallest absolute Gasteiger partial charge is 0.271 e. The van der Waals surface area contributed by atoms with Gasteiger partial charge in [-0.3, -0.25) is 4.79 Å². The number of rotatable bonds is 8. The highest BCUT2D eigenvalue weighted by Crippen LogP contribution is 2.27. The first-order valence-electron chi connectivity index (χ1n) is 7.92. The number of aromatic nitrogens is 2. The molecule has 1 amide bonds. The Labute approximate surface area is 136 Å². The van der Waals surface area contributed by atoms with Crippen LogP contribution in [-0.2, 0) is 0 Å². The second-order valence-corrected chi connectivity index (χ2v) is 5.20. The molecule has 1 aromatic heterocycles. The van der Waals surface area contributed by atoms with Gasteiger partial charge in [0.2, 0.25) is 0 Å². The van der Waals surface area contributed by atoms with Gasteiger partial charge in [0.15, 0.2) is 17.3 Å². The van der Waals surface area contributed by atoms with Crippen LogP contribution in [0.25, 0.3) is 11.3 Å². The number of carbonyl (C=O) groups excluding carboxylic acids is 1. The molecule has 2 rings (SSSR count). The molecule has 0 saturated carbocycles. The summed E-state index contributed by atoms with van der Waals surface area (Å²) in [7, 11) is 0. The number of primary amides is 1. The Kier molecular flexibility index (Phi) is 5.91. The molecule has 6 nitrogen and oxygen atoms in total. The average Bonchev–Trinajstić information content (AvgIpc) is 2.58. The van der Waals surface area contributed by atoms with Gasteiger partial charge < -0.3 is 16.4 Å². The van der Waals surface area contributed by atoms with Gasteiger partial charge in [-0.1, -0.05) is 44.2 Å². The number of hydrogen-bond donors (Lipinski definition) is 3. The molecule has 0 unspecified atom stereocenters. The highest BCUT2D eigenvalue weighted by Gasteiger charge is 2.18. The molecule has 122 valence electrons. The number of carbonyl (C=O) groups is 1. The highest BCUT2D eigenvalue weighted by atomic mass is 16.1. The van der Waals surface area contributed by atoms with Crippen molar-refractivity contribution in [1.82, 2.24) is 9.97 Å². The van der Waals surface area contributed by atoms with Crippen LogP contribution in [-0.4, -0.2) is 29.0 Å². The average molecular weight is 313 g/mol. The van der Waals surface area contributed by atoms with Crippen LogP contribution >= 0.6 is 0 Å². The van der Waals surface area contributed by atoms with Gasteiger partial charge in [-0.15, -0.1) is 0 Å². The first-order valence-corrected chi connectivity index (χ1v) is 7.92. The molecule has 6 heteroatoms. The topological polar surface area (TPSA) is 92.9 Å². The summed E-state index contributed by atoms with van der Waals surface area (Å²) in [4.78, 5) is 20.8. The molecule has 0 aliphatic heterocycles. The zero-order valence-electron chi connectivity index (χ0n) is 13.6. The summed E-state index contributed by atoms with van der Waals surface area (Å²) in [5.74, 6) is 0.495. The molecule has 1 aromatic carbocycles. The zero-order valence-corrected chi connectivity index (χ0v) is 13.6. The molecule has 23 heavy (non-hydrogen) atoms. The maximum Gasteiger partial charge on any atom is 0.271 e. The first-order chi connectivity index (χ1) is 11.2. The lowest BCUT2D eigenvalue weighted by Crippen LogP contribution is -2.20. The van der Waals surface area contributed by atoms with Gasteiger partial charge in [-0.25, -0.2) is 9.97 Å². The van der Waals surface area contributed by atoms with Crippen LogP contribution in [0.15, 0.2) is 30.3 Å². The molecule has 4 N–H and O–H groups in total. The van der Waals surface area contributed by atoms with E-state index in [1.165, 1.54) is 0 Å². The van der Waals surface area contributed by atoms with Crippen molar-refractivity contribution in [3.05, 3.63) is 36.0 Å². The summed E-state index contributed by atoms with van der Waals surface area (Å²) < 4.78 is 0. The Hall–Kier alpha value is -2.63. The Morgan fingerprint density at radius 2 is 1.61 bits per heavy atom. The highest BCUT2D eigenvalue weighted by molar-refractivity contribution is 5.97. The fraction of sp³-hybridized carbons (Fsp3) is 0.353. The van der Waals surface area contributed by atoms with Crippen molar-refractivity contribution in [3.63, 3.8) is 0 Å². The second kappa shape index (κ2) is 8.12. The van der Waals surface area contributed by atoms with Gasteiger partial charge in [0.1, 0.15) is 5.69 Å². The Balaban J connectivity index is 2.53. The molecule has 2 aromatic rings. The molecule has 0 bridgehead atoms. The van der Waals surface area contributed by atoms with Crippen LogP contribution in [0.2, 0.25) is 0 Å². The summed E-state index contributed by atoms with van der Waals surface area (Å²) in [6.07, 6.45) is 1.88. The van der Waals surface area contributed by atoms with Crippen molar-refractivity contribution in [1.29, 1.82) is 0 Å². The van der Waals surface area contributed by atoms with Crippen LogP contribution in [0, 0.1) is 0 Å². The van der Waals surface area contributed by atoms with E-state index in [4.69, 9.17) is 5.73 Å². The van der Waals surface area contributed by atoms with Crippen LogP contribution < -0.4 is 16.4 Å². The minimum atomic E-state index is -0.588. The van der Waals surface area contributed by atoms with E-state index in [2.05, 4.69) is 27.5 Å². The molecule has 0 atom stereocenters. The third-order valence-corrected chi connectivity index (χ3v) is 3.26. The lowest BCUT2D eigenvalue weighted by Gasteiger charge is -2.15. The summed E-state index contributed by atoms with van der Waals surface area (Å²) in [5, 5.41) is 6.40. The van der Waals surface area contributed by atoms with Crippen LogP contribution in [0.1, 0.15) is 37.2 Å². The van der Waals surface area contributed by atoms with Gasteiger partial charge in [-0.05, 0) is 12.8 Å². The minimum absolute atomic E-state index is 0.166. The SMILES string of the molecule is CCCNc1nc(NCCC)c(-c2ccccc2)nc1C(N)=O. The molecule has 0 aliphatic carbocycles. The number of nitrogens with zero attached hydrogens (tertiary/aromatic N) is 2. The number of benzene rings is 1. The summed E-state index contributed by atoms with van der Waals surface area (Å²) in [6, 6.07) is 9.65. The summed E-state index contributed by atoms with van der Waals surface area (Å²) in [6.45, 7) is 5.60. The fourth-order valence-corrected chi connectivity index (χ4v) is 2.14. The van der Waals surface area contributed by atoms with Crippen molar-refractivity contribution in [2.75, 3.05) is 23.7 Å². The number of amides is 1. The van der Waals surface area contributed by atoms with E-state index in [0.717, 1.165) is 24.9 Å². The molecule has 0 spiro atoms. The molecule has 0 fully saturated rings. The Bertz CT molecular complexity index is 658. The third-order valence-electron chi connectivity index (χ3n) is 3.26.